The number of carbonyl (C=O) groups excluding carboxylic acids is 3. The van der Waals surface area contributed by atoms with Crippen molar-refractivity contribution in [3.05, 3.63) is 71.8 Å². The molecule has 33 heavy (non-hydrogen) atoms. The first-order valence-electron chi connectivity index (χ1n) is 11.3. The summed E-state index contributed by atoms with van der Waals surface area (Å²) in [5.41, 5.74) is 0.880. The van der Waals surface area contributed by atoms with Gasteiger partial charge in [-0.3, -0.25) is 14.4 Å². The fourth-order valence-corrected chi connectivity index (χ4v) is 3.14. The summed E-state index contributed by atoms with van der Waals surface area (Å²) in [5.74, 6) is -2.86. The van der Waals surface area contributed by atoms with Crippen molar-refractivity contribution in [3.8, 4) is 0 Å². The van der Waals surface area contributed by atoms with E-state index < -0.39 is 11.6 Å². The molecule has 2 aromatic rings. The normalized spacial score (nSPS) is 11.1. The predicted octanol–water partition coefficient (Wildman–Crippen LogP) is 4.44. The molecule has 2 rings (SSSR count). The molecular formula is C26H32O7. The molecule has 0 aliphatic heterocycles. The molecule has 7 nitrogen and oxygen atoms in total. The van der Waals surface area contributed by atoms with E-state index in [4.69, 9.17) is 18.9 Å². The molecule has 0 radical (unpaired) electrons. The van der Waals surface area contributed by atoms with Crippen LogP contribution in [0, 0.1) is 0 Å². The first-order chi connectivity index (χ1) is 16.0. The summed E-state index contributed by atoms with van der Waals surface area (Å²) in [6, 6.07) is 17.5. The van der Waals surface area contributed by atoms with E-state index in [1.54, 1.807) is 48.5 Å². The smallest absolute Gasteiger partial charge is 0.305 e. The highest BCUT2D eigenvalue weighted by molar-refractivity contribution is 6.02. The Morgan fingerprint density at radius 1 is 0.667 bits per heavy atom. The van der Waals surface area contributed by atoms with Gasteiger partial charge in [0.15, 0.2) is 0 Å². The van der Waals surface area contributed by atoms with Crippen LogP contribution in [0.3, 0.4) is 0 Å². The minimum Gasteiger partial charge on any atom is -0.463 e. The van der Waals surface area contributed by atoms with E-state index in [0.717, 1.165) is 0 Å². The Bertz CT molecular complexity index is 839. The Morgan fingerprint density at radius 2 is 1.12 bits per heavy atom. The van der Waals surface area contributed by atoms with Gasteiger partial charge in [-0.1, -0.05) is 74.5 Å². The summed E-state index contributed by atoms with van der Waals surface area (Å²) in [4.78, 5) is 37.1. The van der Waals surface area contributed by atoms with Gasteiger partial charge in [-0.05, 0) is 12.8 Å². The largest absolute Gasteiger partial charge is 0.463 e. The number of hydrogen-bond donors (Lipinski definition) is 0. The first kappa shape index (κ1) is 26.2. The lowest BCUT2D eigenvalue weighted by molar-refractivity contribution is -0.220. The van der Waals surface area contributed by atoms with Crippen molar-refractivity contribution in [1.29, 1.82) is 0 Å². The van der Waals surface area contributed by atoms with Crippen molar-refractivity contribution in [2.24, 2.45) is 0 Å². The second-order valence-electron chi connectivity index (χ2n) is 7.32. The van der Waals surface area contributed by atoms with Gasteiger partial charge in [-0.2, -0.15) is 0 Å². The van der Waals surface area contributed by atoms with E-state index in [0.29, 0.717) is 36.8 Å². The number of hydrogen-bond acceptors (Lipinski definition) is 7. The molecule has 0 bridgehead atoms. The van der Waals surface area contributed by atoms with Crippen molar-refractivity contribution >= 4 is 17.7 Å². The van der Waals surface area contributed by atoms with Gasteiger partial charge in [0.05, 0.1) is 13.2 Å². The van der Waals surface area contributed by atoms with E-state index in [2.05, 4.69) is 0 Å². The SMILES string of the molecule is CCCC(=O)OCCOC(OCCOC(=O)CCC)(C(=O)c1ccccc1)c1ccccc1. The molecule has 0 saturated carbocycles. The average molecular weight is 457 g/mol. The standard InChI is InChI=1S/C26H32O7/c1-3-11-23(27)30-17-19-32-26(22-15-9-6-10-16-22,25(29)21-13-7-5-8-14-21)33-20-18-31-24(28)12-4-2/h5-10,13-16H,3-4,11-12,17-20H2,1-2H3. The summed E-state index contributed by atoms with van der Waals surface area (Å²) >= 11 is 0. The van der Waals surface area contributed by atoms with E-state index in [1.807, 2.05) is 26.0 Å². The van der Waals surface area contributed by atoms with E-state index >= 15 is 0 Å². The van der Waals surface area contributed by atoms with E-state index in [9.17, 15) is 14.4 Å². The Kier molecular flexibility index (Phi) is 11.3. The van der Waals surface area contributed by atoms with Gasteiger partial charge >= 0.3 is 11.9 Å². The Morgan fingerprint density at radius 3 is 1.58 bits per heavy atom. The zero-order chi connectivity index (χ0) is 23.9. The monoisotopic (exact) mass is 456 g/mol. The lowest BCUT2D eigenvalue weighted by atomic mass is 9.95. The molecule has 0 spiro atoms. The maximum absolute atomic E-state index is 13.7. The molecule has 0 saturated heterocycles. The van der Waals surface area contributed by atoms with Crippen molar-refractivity contribution < 1.29 is 33.3 Å². The number of Topliss-reactive ketones (excluding diaryl/α,β-unsaturated/α-hetero) is 1. The van der Waals surface area contributed by atoms with Crippen LogP contribution >= 0.6 is 0 Å². The van der Waals surface area contributed by atoms with Crippen LogP contribution in [-0.4, -0.2) is 44.1 Å². The maximum atomic E-state index is 13.7. The van der Waals surface area contributed by atoms with Crippen LogP contribution in [-0.2, 0) is 34.3 Å². The number of carbonyl (C=O) groups is 3. The molecule has 7 heteroatoms. The van der Waals surface area contributed by atoms with Crippen molar-refractivity contribution in [1.82, 2.24) is 0 Å². The first-order valence-corrected chi connectivity index (χ1v) is 11.3. The highest BCUT2D eigenvalue weighted by Crippen LogP contribution is 2.32. The van der Waals surface area contributed by atoms with Gasteiger partial charge in [0.2, 0.25) is 5.78 Å². The summed E-state index contributed by atoms with van der Waals surface area (Å²) in [6.45, 7) is 3.61. The highest BCUT2D eigenvalue weighted by atomic mass is 16.7. The average Bonchev–Trinajstić information content (AvgIpc) is 2.84. The molecule has 0 amide bonds. The zero-order valence-electron chi connectivity index (χ0n) is 19.3. The molecule has 0 fully saturated rings. The minimum atomic E-state index is -1.79. The second-order valence-corrected chi connectivity index (χ2v) is 7.32. The minimum absolute atomic E-state index is 0.0235. The molecule has 0 aliphatic carbocycles. The third-order valence-electron chi connectivity index (χ3n) is 4.70. The third kappa shape index (κ3) is 8.11. The fraction of sp³-hybridized carbons (Fsp3) is 0.423. The van der Waals surface area contributed by atoms with Crippen molar-refractivity contribution in [2.45, 2.75) is 45.3 Å². The van der Waals surface area contributed by atoms with Crippen LogP contribution in [0.5, 0.6) is 0 Å². The molecule has 178 valence electrons. The summed E-state index contributed by atoms with van der Waals surface area (Å²) in [6.07, 6.45) is 1.98. The molecule has 0 aliphatic rings. The predicted molar refractivity (Wildman–Crippen MR) is 123 cm³/mol. The van der Waals surface area contributed by atoms with Gasteiger partial charge < -0.3 is 18.9 Å². The second kappa shape index (κ2) is 14.2. The fourth-order valence-electron chi connectivity index (χ4n) is 3.14. The lowest BCUT2D eigenvalue weighted by Gasteiger charge is -2.33. The maximum Gasteiger partial charge on any atom is 0.305 e. The van der Waals surface area contributed by atoms with E-state index in [1.165, 1.54) is 0 Å². The number of rotatable bonds is 15. The molecule has 0 heterocycles. The summed E-state index contributed by atoms with van der Waals surface area (Å²) in [7, 11) is 0. The number of ether oxygens (including phenoxy) is 4. The number of ketones is 1. The van der Waals surface area contributed by atoms with Crippen LogP contribution in [0.4, 0.5) is 0 Å². The van der Waals surface area contributed by atoms with Crippen molar-refractivity contribution in [2.75, 3.05) is 26.4 Å². The molecule has 0 aromatic heterocycles. The van der Waals surface area contributed by atoms with E-state index in [-0.39, 0.29) is 38.4 Å². The topological polar surface area (TPSA) is 88.1 Å². The van der Waals surface area contributed by atoms with Gasteiger partial charge in [-0.25, -0.2) is 0 Å². The van der Waals surface area contributed by atoms with Crippen molar-refractivity contribution in [3.63, 3.8) is 0 Å². The van der Waals surface area contributed by atoms with Gasteiger partial charge in [0.25, 0.3) is 5.79 Å². The highest BCUT2D eigenvalue weighted by Gasteiger charge is 2.43. The van der Waals surface area contributed by atoms with Crippen LogP contribution < -0.4 is 0 Å². The molecule has 0 unspecified atom stereocenters. The molecule has 0 atom stereocenters. The Labute approximate surface area is 195 Å². The Balaban J connectivity index is 2.25. The zero-order valence-corrected chi connectivity index (χ0v) is 19.3. The van der Waals surface area contributed by atoms with Crippen LogP contribution in [0.15, 0.2) is 60.7 Å². The van der Waals surface area contributed by atoms with Crippen LogP contribution in [0.1, 0.15) is 55.5 Å². The Hall–Kier alpha value is -3.03. The lowest BCUT2D eigenvalue weighted by Crippen LogP contribution is -2.43. The number of benzene rings is 2. The number of esters is 2. The molecular weight excluding hydrogens is 424 g/mol. The van der Waals surface area contributed by atoms with Gasteiger partial charge in [0.1, 0.15) is 13.2 Å². The van der Waals surface area contributed by atoms with Gasteiger partial charge in [0, 0.05) is 24.0 Å². The molecule has 2 aromatic carbocycles. The van der Waals surface area contributed by atoms with Gasteiger partial charge in [-0.15, -0.1) is 0 Å². The quantitative estimate of drug-likeness (QED) is 0.169. The third-order valence-corrected chi connectivity index (χ3v) is 4.70. The van der Waals surface area contributed by atoms with Crippen LogP contribution in [0.25, 0.3) is 0 Å². The van der Waals surface area contributed by atoms with Crippen LogP contribution in [0.2, 0.25) is 0 Å². The summed E-state index contributed by atoms with van der Waals surface area (Å²) in [5, 5.41) is 0. The summed E-state index contributed by atoms with van der Waals surface area (Å²) < 4.78 is 22.4. The molecule has 0 N–H and O–H groups in total.